The van der Waals surface area contributed by atoms with E-state index in [0.717, 1.165) is 0 Å². The molecule has 1 aromatic heterocycles. The van der Waals surface area contributed by atoms with Crippen molar-refractivity contribution in [3.63, 3.8) is 0 Å². The maximum Gasteiger partial charge on any atom is 0.157 e. The molecule has 0 amide bonds. The number of halogens is 1. The summed E-state index contributed by atoms with van der Waals surface area (Å²) in [6.45, 7) is 2.10. The minimum Gasteiger partial charge on any atom is -0.396 e. The average molecular weight is 231 g/mol. The molecule has 5 nitrogen and oxygen atoms in total. The molecule has 0 aliphatic heterocycles. The van der Waals surface area contributed by atoms with Gasteiger partial charge >= 0.3 is 0 Å². The number of hydrogen-bond acceptors (Lipinski definition) is 5. The van der Waals surface area contributed by atoms with E-state index in [1.165, 1.54) is 6.33 Å². The predicted octanol–water partition coefficient (Wildman–Crippen LogP) is 1.35. The molecule has 0 saturated carbocycles. The zero-order valence-electron chi connectivity index (χ0n) is 8.79. The van der Waals surface area contributed by atoms with Gasteiger partial charge in [0.25, 0.3) is 0 Å². The summed E-state index contributed by atoms with van der Waals surface area (Å²) in [4.78, 5) is 7.95. The maximum atomic E-state index is 8.78. The molecule has 1 aromatic rings. The normalized spacial score (nSPS) is 12.3. The van der Waals surface area contributed by atoms with Gasteiger partial charge in [-0.2, -0.15) is 0 Å². The molecule has 1 rings (SSSR count). The second-order valence-corrected chi connectivity index (χ2v) is 3.55. The first-order valence-corrected chi connectivity index (χ1v) is 5.12. The molecule has 0 fully saturated rings. The molecule has 0 aromatic carbocycles. The van der Waals surface area contributed by atoms with Crippen molar-refractivity contribution < 1.29 is 5.11 Å². The Balaban J connectivity index is 2.80. The number of nitrogens with zero attached hydrogens (tertiary/aromatic N) is 2. The Morgan fingerprint density at radius 3 is 2.87 bits per heavy atom. The van der Waals surface area contributed by atoms with Crippen molar-refractivity contribution in [2.45, 2.75) is 19.4 Å². The molecule has 0 bridgehead atoms. The van der Waals surface area contributed by atoms with Gasteiger partial charge in [0.1, 0.15) is 12.0 Å². The fourth-order valence-electron chi connectivity index (χ4n) is 1.19. The Morgan fingerprint density at radius 1 is 1.53 bits per heavy atom. The third kappa shape index (κ3) is 3.21. The SMILES string of the molecule is CNc1c(Cl)ncnc1N[C@@H](C)CCO. The van der Waals surface area contributed by atoms with Gasteiger partial charge in [-0.25, -0.2) is 9.97 Å². The number of aliphatic hydroxyl groups is 1. The van der Waals surface area contributed by atoms with Crippen LogP contribution in [-0.2, 0) is 0 Å². The molecule has 0 aliphatic rings. The average Bonchev–Trinajstić information content (AvgIpc) is 2.18. The van der Waals surface area contributed by atoms with Gasteiger partial charge in [0, 0.05) is 19.7 Å². The molecule has 3 N–H and O–H groups in total. The summed E-state index contributed by atoms with van der Waals surface area (Å²) in [7, 11) is 1.76. The summed E-state index contributed by atoms with van der Waals surface area (Å²) in [6.07, 6.45) is 2.06. The highest BCUT2D eigenvalue weighted by Gasteiger charge is 2.10. The molecule has 1 atom stereocenters. The van der Waals surface area contributed by atoms with Crippen molar-refractivity contribution in [2.75, 3.05) is 24.3 Å². The van der Waals surface area contributed by atoms with Crippen molar-refractivity contribution in [1.82, 2.24) is 9.97 Å². The Labute approximate surface area is 93.9 Å². The first-order chi connectivity index (χ1) is 7.19. The van der Waals surface area contributed by atoms with Gasteiger partial charge in [0.15, 0.2) is 11.0 Å². The number of aromatic nitrogens is 2. The fourth-order valence-corrected chi connectivity index (χ4v) is 1.42. The quantitative estimate of drug-likeness (QED) is 0.667. The summed E-state index contributed by atoms with van der Waals surface area (Å²) < 4.78 is 0. The summed E-state index contributed by atoms with van der Waals surface area (Å²) in [5.74, 6) is 0.651. The van der Waals surface area contributed by atoms with E-state index >= 15 is 0 Å². The zero-order valence-corrected chi connectivity index (χ0v) is 9.54. The Bertz CT molecular complexity index is 321. The second-order valence-electron chi connectivity index (χ2n) is 3.20. The van der Waals surface area contributed by atoms with Crippen LogP contribution in [0.1, 0.15) is 13.3 Å². The van der Waals surface area contributed by atoms with Crippen LogP contribution in [0.5, 0.6) is 0 Å². The number of nitrogens with one attached hydrogen (secondary N) is 2. The summed E-state index contributed by atoms with van der Waals surface area (Å²) >= 11 is 5.89. The van der Waals surface area contributed by atoms with E-state index in [1.54, 1.807) is 7.05 Å². The van der Waals surface area contributed by atoms with Gasteiger partial charge in [-0.05, 0) is 13.3 Å². The lowest BCUT2D eigenvalue weighted by atomic mass is 10.2. The van der Waals surface area contributed by atoms with E-state index in [2.05, 4.69) is 20.6 Å². The highest BCUT2D eigenvalue weighted by molar-refractivity contribution is 6.32. The molecular weight excluding hydrogens is 216 g/mol. The van der Waals surface area contributed by atoms with E-state index in [-0.39, 0.29) is 12.6 Å². The Hall–Kier alpha value is -1.07. The first-order valence-electron chi connectivity index (χ1n) is 4.74. The van der Waals surface area contributed by atoms with E-state index in [9.17, 15) is 0 Å². The molecule has 84 valence electrons. The summed E-state index contributed by atoms with van der Waals surface area (Å²) in [5, 5.41) is 15.2. The highest BCUT2D eigenvalue weighted by atomic mass is 35.5. The van der Waals surface area contributed by atoms with Gasteiger partial charge in [-0.3, -0.25) is 0 Å². The van der Waals surface area contributed by atoms with Gasteiger partial charge in [0.2, 0.25) is 0 Å². The van der Waals surface area contributed by atoms with Crippen LogP contribution in [0.3, 0.4) is 0 Å². The topological polar surface area (TPSA) is 70.1 Å². The molecule has 0 spiro atoms. The van der Waals surface area contributed by atoms with Crippen molar-refractivity contribution in [3.8, 4) is 0 Å². The van der Waals surface area contributed by atoms with Gasteiger partial charge in [-0.1, -0.05) is 11.6 Å². The predicted molar refractivity (Wildman–Crippen MR) is 61.4 cm³/mol. The van der Waals surface area contributed by atoms with Crippen LogP contribution in [0.15, 0.2) is 6.33 Å². The Kier molecular flexibility index (Phi) is 4.58. The molecule has 0 radical (unpaired) electrons. The van der Waals surface area contributed by atoms with Crippen molar-refractivity contribution >= 4 is 23.1 Å². The largest absolute Gasteiger partial charge is 0.396 e. The maximum absolute atomic E-state index is 8.78. The lowest BCUT2D eigenvalue weighted by Crippen LogP contribution is -2.18. The molecule has 6 heteroatoms. The van der Waals surface area contributed by atoms with Crippen molar-refractivity contribution in [2.24, 2.45) is 0 Å². The van der Waals surface area contributed by atoms with Crippen LogP contribution in [0.2, 0.25) is 5.15 Å². The van der Waals surface area contributed by atoms with Crippen molar-refractivity contribution in [1.29, 1.82) is 0 Å². The smallest absolute Gasteiger partial charge is 0.157 e. The zero-order chi connectivity index (χ0) is 11.3. The van der Waals surface area contributed by atoms with Gasteiger partial charge in [0.05, 0.1) is 0 Å². The van der Waals surface area contributed by atoms with E-state index in [0.29, 0.717) is 23.1 Å². The summed E-state index contributed by atoms with van der Waals surface area (Å²) in [5.41, 5.74) is 0.670. The summed E-state index contributed by atoms with van der Waals surface area (Å²) in [6, 6.07) is 0.132. The van der Waals surface area contributed by atoms with Crippen LogP contribution < -0.4 is 10.6 Å². The number of rotatable bonds is 5. The highest BCUT2D eigenvalue weighted by Crippen LogP contribution is 2.25. The molecular formula is C9H15ClN4O. The first kappa shape index (κ1) is 12.0. The van der Waals surface area contributed by atoms with Crippen LogP contribution in [0, 0.1) is 0 Å². The van der Waals surface area contributed by atoms with Crippen LogP contribution >= 0.6 is 11.6 Å². The fraction of sp³-hybridized carbons (Fsp3) is 0.556. The second kappa shape index (κ2) is 5.72. The molecule has 0 unspecified atom stereocenters. The van der Waals surface area contributed by atoms with E-state index in [1.807, 2.05) is 6.92 Å². The lowest BCUT2D eigenvalue weighted by molar-refractivity contribution is 0.282. The molecule has 1 heterocycles. The third-order valence-electron chi connectivity index (χ3n) is 2.00. The standard InChI is InChI=1S/C9H15ClN4O/c1-6(3-4-15)14-9-7(11-2)8(10)12-5-13-9/h5-6,11,15H,3-4H2,1-2H3,(H,12,13,14)/t6-/m0/s1. The molecule has 0 aliphatic carbocycles. The minimum atomic E-state index is 0.132. The monoisotopic (exact) mass is 230 g/mol. The number of anilines is 2. The molecule has 15 heavy (non-hydrogen) atoms. The number of hydrogen-bond donors (Lipinski definition) is 3. The third-order valence-corrected chi connectivity index (χ3v) is 2.28. The van der Waals surface area contributed by atoms with Crippen molar-refractivity contribution in [3.05, 3.63) is 11.5 Å². The molecule has 0 saturated heterocycles. The van der Waals surface area contributed by atoms with Gasteiger partial charge in [-0.15, -0.1) is 0 Å². The van der Waals surface area contributed by atoms with E-state index in [4.69, 9.17) is 16.7 Å². The van der Waals surface area contributed by atoms with Crippen LogP contribution in [-0.4, -0.2) is 34.8 Å². The Morgan fingerprint density at radius 2 is 2.27 bits per heavy atom. The van der Waals surface area contributed by atoms with Gasteiger partial charge < -0.3 is 15.7 Å². The lowest BCUT2D eigenvalue weighted by Gasteiger charge is -2.16. The van der Waals surface area contributed by atoms with Crippen LogP contribution in [0.4, 0.5) is 11.5 Å². The van der Waals surface area contributed by atoms with E-state index < -0.39 is 0 Å². The number of aliphatic hydroxyl groups excluding tert-OH is 1. The minimum absolute atomic E-state index is 0.132. The van der Waals surface area contributed by atoms with Crippen LogP contribution in [0.25, 0.3) is 0 Å².